The molecule has 0 bridgehead atoms. The zero-order chi connectivity index (χ0) is 14.1. The molecular weight excluding hydrogens is 258 g/mol. The average Bonchev–Trinajstić information content (AvgIpc) is 2.77. The van der Waals surface area contributed by atoms with Crippen molar-refractivity contribution in [2.24, 2.45) is 0 Å². The van der Waals surface area contributed by atoms with Gasteiger partial charge in [0.2, 0.25) is 5.91 Å². The topological polar surface area (TPSA) is 80.1 Å². The van der Waals surface area contributed by atoms with Gasteiger partial charge in [0.15, 0.2) is 5.69 Å². The maximum absolute atomic E-state index is 12.5. The van der Waals surface area contributed by atoms with Crippen LogP contribution < -0.4 is 5.32 Å². The van der Waals surface area contributed by atoms with Crippen LogP contribution in [0.15, 0.2) is 6.20 Å². The molecule has 2 heterocycles. The molecule has 1 aliphatic carbocycles. The molecule has 2 amide bonds. The van der Waals surface area contributed by atoms with Gasteiger partial charge >= 0.3 is 0 Å². The Kier molecular flexibility index (Phi) is 3.42. The molecule has 20 heavy (non-hydrogen) atoms. The third-order valence-electron chi connectivity index (χ3n) is 4.16. The van der Waals surface area contributed by atoms with Gasteiger partial charge in [-0.3, -0.25) is 9.59 Å². The summed E-state index contributed by atoms with van der Waals surface area (Å²) in [6.07, 6.45) is 5.87. The molecule has 1 saturated heterocycles. The first kappa shape index (κ1) is 13.1. The Hall–Kier alpha value is -1.92. The van der Waals surface area contributed by atoms with Crippen LogP contribution in [0.3, 0.4) is 0 Å². The molecule has 1 N–H and O–H groups in total. The van der Waals surface area contributed by atoms with Gasteiger partial charge in [-0.2, -0.15) is 0 Å². The van der Waals surface area contributed by atoms with Gasteiger partial charge in [-0.05, 0) is 32.6 Å². The van der Waals surface area contributed by atoms with Crippen molar-refractivity contribution in [1.82, 2.24) is 25.2 Å². The molecule has 1 saturated carbocycles. The molecule has 1 aromatic heterocycles. The van der Waals surface area contributed by atoms with Gasteiger partial charge in [-0.25, -0.2) is 4.68 Å². The molecule has 2 fully saturated rings. The maximum Gasteiger partial charge on any atom is 0.276 e. The van der Waals surface area contributed by atoms with Crippen molar-refractivity contribution in [3.05, 3.63) is 11.9 Å². The number of rotatable bonds is 2. The predicted octanol–water partition coefficient (Wildman–Crippen LogP) is 0.354. The van der Waals surface area contributed by atoms with Crippen molar-refractivity contribution in [1.29, 1.82) is 0 Å². The lowest BCUT2D eigenvalue weighted by atomic mass is 9.93. The fourth-order valence-corrected chi connectivity index (χ4v) is 2.57. The van der Waals surface area contributed by atoms with Gasteiger partial charge in [-0.1, -0.05) is 5.21 Å². The fourth-order valence-electron chi connectivity index (χ4n) is 2.57. The monoisotopic (exact) mass is 277 g/mol. The number of carbonyl (C=O) groups excluding carboxylic acids is 2. The number of amides is 2. The summed E-state index contributed by atoms with van der Waals surface area (Å²) in [5, 5.41) is 10.8. The SMILES string of the molecule is C[C@H]1C(=O)NCCCN1C(=O)c1cn(C2CCC2)nn1. The van der Waals surface area contributed by atoms with Crippen molar-refractivity contribution in [2.75, 3.05) is 13.1 Å². The molecule has 0 radical (unpaired) electrons. The summed E-state index contributed by atoms with van der Waals surface area (Å²) in [5.41, 5.74) is 0.332. The smallest absolute Gasteiger partial charge is 0.276 e. The molecule has 1 aliphatic heterocycles. The number of aromatic nitrogens is 3. The second-order valence-corrected chi connectivity index (χ2v) is 5.49. The normalized spacial score (nSPS) is 23.9. The van der Waals surface area contributed by atoms with Crippen molar-refractivity contribution in [3.63, 3.8) is 0 Å². The Morgan fingerprint density at radius 2 is 2.20 bits per heavy atom. The summed E-state index contributed by atoms with van der Waals surface area (Å²) in [5.74, 6) is -0.317. The molecule has 1 aromatic rings. The number of nitrogens with zero attached hydrogens (tertiary/aromatic N) is 4. The molecule has 2 aliphatic rings. The van der Waals surface area contributed by atoms with Crippen molar-refractivity contribution < 1.29 is 9.59 Å². The Morgan fingerprint density at radius 3 is 2.90 bits per heavy atom. The Labute approximate surface area is 117 Å². The minimum Gasteiger partial charge on any atom is -0.354 e. The van der Waals surface area contributed by atoms with Crippen molar-refractivity contribution in [3.8, 4) is 0 Å². The summed E-state index contributed by atoms with van der Waals surface area (Å²) in [7, 11) is 0. The maximum atomic E-state index is 12.5. The summed E-state index contributed by atoms with van der Waals surface area (Å²) >= 11 is 0. The highest BCUT2D eigenvalue weighted by atomic mass is 16.2. The van der Waals surface area contributed by atoms with Crippen molar-refractivity contribution >= 4 is 11.8 Å². The summed E-state index contributed by atoms with van der Waals surface area (Å²) in [4.78, 5) is 25.8. The lowest BCUT2D eigenvalue weighted by Crippen LogP contribution is -2.45. The zero-order valence-electron chi connectivity index (χ0n) is 11.6. The standard InChI is InChI=1S/C13H19N5O2/c1-9-12(19)14-6-3-7-17(9)13(20)11-8-18(16-15-11)10-4-2-5-10/h8-10H,2-7H2,1H3,(H,14,19)/t9-/m0/s1. The van der Waals surface area contributed by atoms with Crippen LogP contribution >= 0.6 is 0 Å². The second kappa shape index (κ2) is 5.22. The van der Waals surface area contributed by atoms with E-state index in [1.165, 1.54) is 6.42 Å². The minimum atomic E-state index is -0.459. The first-order valence-electron chi connectivity index (χ1n) is 7.17. The molecule has 108 valence electrons. The first-order valence-corrected chi connectivity index (χ1v) is 7.17. The quantitative estimate of drug-likeness (QED) is 0.846. The van der Waals surface area contributed by atoms with Crippen LogP contribution in [0.25, 0.3) is 0 Å². The van der Waals surface area contributed by atoms with Gasteiger partial charge in [0.1, 0.15) is 6.04 Å². The second-order valence-electron chi connectivity index (χ2n) is 5.49. The van der Waals surface area contributed by atoms with E-state index in [0.717, 1.165) is 19.3 Å². The van der Waals surface area contributed by atoms with Crippen LogP contribution in [0, 0.1) is 0 Å². The Bertz CT molecular complexity index is 523. The third-order valence-corrected chi connectivity index (χ3v) is 4.16. The van der Waals surface area contributed by atoms with E-state index in [-0.39, 0.29) is 11.8 Å². The van der Waals surface area contributed by atoms with E-state index in [1.807, 2.05) is 0 Å². The van der Waals surface area contributed by atoms with Crippen LogP contribution in [0.5, 0.6) is 0 Å². The molecule has 3 rings (SSSR count). The van der Waals surface area contributed by atoms with E-state index in [0.29, 0.717) is 24.8 Å². The highest BCUT2D eigenvalue weighted by Gasteiger charge is 2.30. The molecule has 7 nitrogen and oxygen atoms in total. The molecule has 0 aromatic carbocycles. The predicted molar refractivity (Wildman–Crippen MR) is 71.0 cm³/mol. The van der Waals surface area contributed by atoms with Gasteiger partial charge in [0.25, 0.3) is 5.91 Å². The van der Waals surface area contributed by atoms with E-state index < -0.39 is 6.04 Å². The minimum absolute atomic E-state index is 0.109. The van der Waals surface area contributed by atoms with Crippen molar-refractivity contribution in [2.45, 2.75) is 44.7 Å². The van der Waals surface area contributed by atoms with E-state index >= 15 is 0 Å². The number of hydrogen-bond acceptors (Lipinski definition) is 4. The van der Waals surface area contributed by atoms with E-state index in [4.69, 9.17) is 0 Å². The van der Waals surface area contributed by atoms with E-state index in [2.05, 4.69) is 15.6 Å². The largest absolute Gasteiger partial charge is 0.354 e. The van der Waals surface area contributed by atoms with E-state index in [1.54, 1.807) is 22.7 Å². The van der Waals surface area contributed by atoms with Crippen LogP contribution in [-0.4, -0.2) is 50.8 Å². The average molecular weight is 277 g/mol. The van der Waals surface area contributed by atoms with Crippen LogP contribution in [-0.2, 0) is 4.79 Å². The van der Waals surface area contributed by atoms with Gasteiger partial charge in [0.05, 0.1) is 12.2 Å². The third kappa shape index (κ3) is 2.28. The first-order chi connectivity index (χ1) is 9.66. The Morgan fingerprint density at radius 1 is 1.40 bits per heavy atom. The highest BCUT2D eigenvalue weighted by Crippen LogP contribution is 2.30. The number of nitrogens with one attached hydrogen (secondary N) is 1. The number of carbonyl (C=O) groups is 2. The fraction of sp³-hybridized carbons (Fsp3) is 0.692. The summed E-state index contributed by atoms with van der Waals surface area (Å²) < 4.78 is 1.78. The van der Waals surface area contributed by atoms with Crippen LogP contribution in [0.2, 0.25) is 0 Å². The van der Waals surface area contributed by atoms with Crippen LogP contribution in [0.4, 0.5) is 0 Å². The lowest BCUT2D eigenvalue weighted by Gasteiger charge is -2.25. The van der Waals surface area contributed by atoms with Gasteiger partial charge in [0, 0.05) is 13.1 Å². The van der Waals surface area contributed by atoms with Crippen LogP contribution in [0.1, 0.15) is 49.1 Å². The molecule has 0 spiro atoms. The lowest BCUT2D eigenvalue weighted by molar-refractivity contribution is -0.124. The summed E-state index contributed by atoms with van der Waals surface area (Å²) in [6, 6.07) is -0.0761. The van der Waals surface area contributed by atoms with E-state index in [9.17, 15) is 9.59 Å². The molecular formula is C13H19N5O2. The van der Waals surface area contributed by atoms with Gasteiger partial charge < -0.3 is 10.2 Å². The Balaban J connectivity index is 1.76. The van der Waals surface area contributed by atoms with Gasteiger partial charge in [-0.15, -0.1) is 5.10 Å². The molecule has 0 unspecified atom stereocenters. The highest BCUT2D eigenvalue weighted by molar-refractivity contribution is 5.96. The number of hydrogen-bond donors (Lipinski definition) is 1. The molecule has 7 heteroatoms. The summed E-state index contributed by atoms with van der Waals surface area (Å²) in [6.45, 7) is 2.92. The molecule has 1 atom stereocenters. The zero-order valence-corrected chi connectivity index (χ0v) is 11.6.